The Morgan fingerprint density at radius 2 is 2.27 bits per heavy atom. The highest BCUT2D eigenvalue weighted by molar-refractivity contribution is 6.64. The third-order valence-electron chi connectivity index (χ3n) is 3.64. The summed E-state index contributed by atoms with van der Waals surface area (Å²) in [5.74, 6) is 0.492. The van der Waals surface area contributed by atoms with Crippen molar-refractivity contribution < 1.29 is 23.6 Å². The van der Waals surface area contributed by atoms with E-state index in [-0.39, 0.29) is 37.2 Å². The van der Waals surface area contributed by atoms with E-state index in [1.807, 2.05) is 18.2 Å². The van der Waals surface area contributed by atoms with Crippen molar-refractivity contribution in [1.82, 2.24) is 0 Å². The summed E-state index contributed by atoms with van der Waals surface area (Å²) in [5, 5.41) is 0. The van der Waals surface area contributed by atoms with Crippen molar-refractivity contribution in [3.05, 3.63) is 23.8 Å². The smallest absolute Gasteiger partial charge is 0.491 e. The number of rotatable bonds is 4. The Hall–Kier alpha value is -1.28. The van der Waals surface area contributed by atoms with Gasteiger partial charge in [0.25, 0.3) is 0 Å². The third kappa shape index (κ3) is 3.22. The number of halogens is 1. The Bertz CT molecular complexity index is 544. The minimum Gasteiger partial charge on any atom is -0.491 e. The molecule has 6 nitrogen and oxygen atoms in total. The van der Waals surface area contributed by atoms with Crippen molar-refractivity contribution in [3.63, 3.8) is 0 Å². The number of hydrogen-bond donors (Lipinski definition) is 1. The van der Waals surface area contributed by atoms with Crippen LogP contribution in [-0.4, -0.2) is 39.0 Å². The molecule has 0 saturated carbocycles. The maximum Gasteiger partial charge on any atom is 0.499 e. The average molecular weight is 328 g/mol. The molecule has 0 amide bonds. The quantitative estimate of drug-likeness (QED) is 0.643. The number of nitrogens with two attached hydrogens (primary N) is 1. The first-order valence-corrected chi connectivity index (χ1v) is 7.15. The van der Waals surface area contributed by atoms with Crippen LogP contribution in [0.15, 0.2) is 18.2 Å². The molecule has 2 atom stereocenters. The van der Waals surface area contributed by atoms with Gasteiger partial charge in [-0.15, -0.1) is 12.4 Å². The molecule has 2 N–H and O–H groups in total. The van der Waals surface area contributed by atoms with Crippen molar-refractivity contribution in [2.45, 2.75) is 25.6 Å². The summed E-state index contributed by atoms with van der Waals surface area (Å²) in [7, 11) is -0.516. The molecule has 0 fully saturated rings. The van der Waals surface area contributed by atoms with Crippen LogP contribution in [0.4, 0.5) is 0 Å². The molecule has 2 heterocycles. The molecule has 0 aliphatic carbocycles. The number of benzene rings is 1. The fourth-order valence-electron chi connectivity index (χ4n) is 2.57. The van der Waals surface area contributed by atoms with Crippen LogP contribution in [0.1, 0.15) is 25.0 Å². The second-order valence-corrected chi connectivity index (χ2v) is 5.06. The Morgan fingerprint density at radius 3 is 3.00 bits per heavy atom. The lowest BCUT2D eigenvalue weighted by molar-refractivity contribution is -0.146. The van der Waals surface area contributed by atoms with Gasteiger partial charge in [0, 0.05) is 18.4 Å². The van der Waals surface area contributed by atoms with Crippen molar-refractivity contribution in [2.75, 3.05) is 19.8 Å². The highest BCUT2D eigenvalue weighted by Crippen LogP contribution is 2.30. The topological polar surface area (TPSA) is 80.0 Å². The van der Waals surface area contributed by atoms with E-state index in [9.17, 15) is 4.79 Å². The van der Waals surface area contributed by atoms with Gasteiger partial charge < -0.3 is 24.5 Å². The van der Waals surface area contributed by atoms with Gasteiger partial charge in [0.05, 0.1) is 6.10 Å². The molecule has 3 rings (SSSR count). The molecule has 1 aromatic carbocycles. The average Bonchev–Trinajstić information content (AvgIpc) is 2.77. The number of esters is 1. The van der Waals surface area contributed by atoms with E-state index in [1.54, 1.807) is 6.92 Å². The minimum absolute atomic E-state index is 0. The lowest BCUT2D eigenvalue weighted by Gasteiger charge is -2.18. The highest BCUT2D eigenvalue weighted by Gasteiger charge is 2.43. The van der Waals surface area contributed by atoms with Crippen molar-refractivity contribution in [2.24, 2.45) is 5.73 Å². The van der Waals surface area contributed by atoms with E-state index < -0.39 is 7.12 Å². The van der Waals surface area contributed by atoms with Gasteiger partial charge in [-0.25, -0.2) is 0 Å². The zero-order chi connectivity index (χ0) is 14.8. The lowest BCUT2D eigenvalue weighted by Crippen LogP contribution is -2.37. The zero-order valence-corrected chi connectivity index (χ0v) is 13.1. The van der Waals surface area contributed by atoms with Gasteiger partial charge in [-0.05, 0) is 11.6 Å². The van der Waals surface area contributed by atoms with Crippen LogP contribution in [0, 0.1) is 0 Å². The van der Waals surface area contributed by atoms with E-state index in [1.165, 1.54) is 0 Å². The summed E-state index contributed by atoms with van der Waals surface area (Å²) in [6, 6.07) is 5.78. The van der Waals surface area contributed by atoms with E-state index in [0.29, 0.717) is 19.6 Å². The van der Waals surface area contributed by atoms with Gasteiger partial charge >= 0.3 is 13.1 Å². The van der Waals surface area contributed by atoms with Crippen LogP contribution < -0.4 is 15.9 Å². The van der Waals surface area contributed by atoms with Gasteiger partial charge in [0.1, 0.15) is 25.1 Å². The molecule has 2 aliphatic heterocycles. The third-order valence-corrected chi connectivity index (χ3v) is 3.64. The van der Waals surface area contributed by atoms with E-state index in [0.717, 1.165) is 16.8 Å². The number of ether oxygens (including phenoxy) is 2. The summed E-state index contributed by atoms with van der Waals surface area (Å²) < 4.78 is 22.6. The normalized spacial score (nSPS) is 22.2. The molecule has 0 unspecified atom stereocenters. The monoisotopic (exact) mass is 327 g/mol. The number of carbonyl (C=O) groups is 1. The Labute approximate surface area is 135 Å². The molecule has 0 radical (unpaired) electrons. The van der Waals surface area contributed by atoms with Crippen LogP contribution >= 0.6 is 12.4 Å². The Kier molecular flexibility index (Phi) is 5.69. The summed E-state index contributed by atoms with van der Waals surface area (Å²) >= 11 is 0. The first-order chi connectivity index (χ1) is 10.2. The summed E-state index contributed by atoms with van der Waals surface area (Å²) in [6.45, 7) is 2.61. The maximum atomic E-state index is 11.3. The number of carbonyl (C=O) groups excluding carboxylic acids is 1. The zero-order valence-electron chi connectivity index (χ0n) is 12.3. The first-order valence-electron chi connectivity index (χ1n) is 7.15. The van der Waals surface area contributed by atoms with E-state index in [2.05, 4.69) is 0 Å². The summed E-state index contributed by atoms with van der Waals surface area (Å²) in [4.78, 5) is 11.3. The van der Waals surface area contributed by atoms with E-state index >= 15 is 0 Å². The molecular weight excluding hydrogens is 308 g/mol. The fourth-order valence-corrected chi connectivity index (χ4v) is 2.57. The molecule has 1 aromatic rings. The second kappa shape index (κ2) is 7.33. The lowest BCUT2D eigenvalue weighted by atomic mass is 9.77. The molecule has 120 valence electrons. The molecule has 0 saturated heterocycles. The van der Waals surface area contributed by atoms with Crippen molar-refractivity contribution in [3.8, 4) is 5.75 Å². The van der Waals surface area contributed by atoms with E-state index in [4.69, 9.17) is 24.5 Å². The molecule has 0 bridgehead atoms. The Balaban J connectivity index is 0.00000176. The van der Waals surface area contributed by atoms with Crippen LogP contribution in [-0.2, 0) is 18.8 Å². The molecule has 0 aromatic heterocycles. The van der Waals surface area contributed by atoms with Crippen LogP contribution in [0.3, 0.4) is 0 Å². The molecule has 2 aliphatic rings. The van der Waals surface area contributed by atoms with Gasteiger partial charge in [0.2, 0.25) is 0 Å². The SMILES string of the molecule is CCC(=O)OC[C@@H]1COc2cccc3c2B(O1)O[C@@H]3CN.Cl. The van der Waals surface area contributed by atoms with Gasteiger partial charge in [-0.1, -0.05) is 19.1 Å². The summed E-state index contributed by atoms with van der Waals surface area (Å²) in [5.41, 5.74) is 7.64. The van der Waals surface area contributed by atoms with Crippen molar-refractivity contribution >= 4 is 31.0 Å². The largest absolute Gasteiger partial charge is 0.499 e. The standard InChI is InChI=1S/C14H18BNO5.ClH/c1-2-13(17)19-8-9-7-18-11-5-3-4-10-12(6-16)21-15(20-9)14(10)11;/h3-5,9,12H,2,6-8,16H2,1H3;1H/t9-,12+;/m0./s1. The summed E-state index contributed by atoms with van der Waals surface area (Å²) in [6.07, 6.45) is -0.208. The molecule has 22 heavy (non-hydrogen) atoms. The fraction of sp³-hybridized carbons (Fsp3) is 0.500. The maximum absolute atomic E-state index is 11.3. The van der Waals surface area contributed by atoms with Gasteiger partial charge in [-0.2, -0.15) is 0 Å². The highest BCUT2D eigenvalue weighted by atomic mass is 35.5. The molecule has 8 heteroatoms. The predicted molar refractivity (Wildman–Crippen MR) is 83.6 cm³/mol. The number of hydrogen-bond acceptors (Lipinski definition) is 6. The van der Waals surface area contributed by atoms with Crippen LogP contribution in [0.25, 0.3) is 0 Å². The second-order valence-electron chi connectivity index (χ2n) is 5.06. The first kappa shape index (κ1) is 17.1. The minimum atomic E-state index is -0.516. The molecular formula is C14H19BClNO5. The van der Waals surface area contributed by atoms with Gasteiger partial charge in [0.15, 0.2) is 0 Å². The van der Waals surface area contributed by atoms with Crippen molar-refractivity contribution in [1.29, 1.82) is 0 Å². The Morgan fingerprint density at radius 1 is 1.45 bits per heavy atom. The van der Waals surface area contributed by atoms with Crippen LogP contribution in [0.5, 0.6) is 5.75 Å². The molecule has 0 spiro atoms. The van der Waals surface area contributed by atoms with Gasteiger partial charge in [-0.3, -0.25) is 4.79 Å². The predicted octanol–water partition coefficient (Wildman–Crippen LogP) is 0.564. The van der Waals surface area contributed by atoms with Crippen LogP contribution in [0.2, 0.25) is 0 Å².